The van der Waals surface area contributed by atoms with E-state index in [0.717, 1.165) is 25.6 Å². The number of unbranched alkanes of at least 4 members (excludes halogenated alkanes) is 2. The molecule has 1 aliphatic rings. The Bertz CT molecular complexity index is 390. The van der Waals surface area contributed by atoms with Gasteiger partial charge in [-0.1, -0.05) is 26.7 Å². The van der Waals surface area contributed by atoms with Crippen molar-refractivity contribution < 1.29 is 0 Å². The van der Waals surface area contributed by atoms with Gasteiger partial charge >= 0.3 is 0 Å². The van der Waals surface area contributed by atoms with Crippen molar-refractivity contribution in [2.45, 2.75) is 64.8 Å². The van der Waals surface area contributed by atoms with E-state index in [4.69, 9.17) is 4.98 Å². The summed E-state index contributed by atoms with van der Waals surface area (Å²) in [6.07, 6.45) is 7.72. The number of nitrogens with one attached hydrogen (secondary N) is 1. The Balaban J connectivity index is 2.11. The van der Waals surface area contributed by atoms with Crippen LogP contribution in [0.2, 0.25) is 0 Å². The second-order valence-electron chi connectivity index (χ2n) is 5.80. The van der Waals surface area contributed by atoms with Gasteiger partial charge < -0.3 is 10.2 Å². The van der Waals surface area contributed by atoms with Crippen LogP contribution in [0.15, 0.2) is 0 Å². The maximum absolute atomic E-state index is 5.00. The van der Waals surface area contributed by atoms with Crippen LogP contribution in [0.5, 0.6) is 0 Å². The van der Waals surface area contributed by atoms with Crippen LogP contribution in [0.3, 0.4) is 0 Å². The summed E-state index contributed by atoms with van der Waals surface area (Å²) >= 11 is 1.91. The van der Waals surface area contributed by atoms with Gasteiger partial charge in [-0.2, -0.15) is 0 Å². The molecule has 0 spiro atoms. The predicted molar refractivity (Wildman–Crippen MR) is 88.9 cm³/mol. The molecule has 0 aromatic carbocycles. The van der Waals surface area contributed by atoms with Crippen molar-refractivity contribution in [1.82, 2.24) is 10.3 Å². The van der Waals surface area contributed by atoms with Crippen molar-refractivity contribution >= 4 is 16.5 Å². The van der Waals surface area contributed by atoms with Gasteiger partial charge in [0.2, 0.25) is 0 Å². The van der Waals surface area contributed by atoms with Crippen LogP contribution in [0, 0.1) is 0 Å². The fraction of sp³-hybridized carbons (Fsp3) is 0.812. The molecule has 114 valence electrons. The molecule has 0 amide bonds. The van der Waals surface area contributed by atoms with Crippen molar-refractivity contribution in [3.8, 4) is 0 Å². The average molecular weight is 295 g/mol. The maximum Gasteiger partial charge on any atom is 0.185 e. The molecule has 20 heavy (non-hydrogen) atoms. The molecule has 1 saturated carbocycles. The molecule has 1 aliphatic carbocycles. The first-order chi connectivity index (χ1) is 9.80. The smallest absolute Gasteiger partial charge is 0.185 e. The van der Waals surface area contributed by atoms with Gasteiger partial charge in [0, 0.05) is 30.4 Å². The highest BCUT2D eigenvalue weighted by Gasteiger charge is 2.30. The standard InChI is InChI=1S/C16H29N3S/c1-4-6-10-19(11-7-5-2)16-18-15(13-8-9-13)14(20-16)12-17-3/h13,17H,4-12H2,1-3H3. The van der Waals surface area contributed by atoms with Gasteiger partial charge in [0.15, 0.2) is 5.13 Å². The molecule has 0 saturated heterocycles. The summed E-state index contributed by atoms with van der Waals surface area (Å²) < 4.78 is 0. The van der Waals surface area contributed by atoms with Gasteiger partial charge in [0.25, 0.3) is 0 Å². The van der Waals surface area contributed by atoms with Crippen LogP contribution in [-0.4, -0.2) is 25.1 Å². The predicted octanol–water partition coefficient (Wildman–Crippen LogP) is 4.15. The third-order valence-corrected chi connectivity index (χ3v) is 4.98. The quantitative estimate of drug-likeness (QED) is 0.703. The van der Waals surface area contributed by atoms with Crippen LogP contribution in [0.1, 0.15) is 68.9 Å². The molecule has 0 unspecified atom stereocenters. The Kier molecular flexibility index (Phi) is 6.30. The van der Waals surface area contributed by atoms with E-state index in [1.165, 1.54) is 54.2 Å². The van der Waals surface area contributed by atoms with Crippen molar-refractivity contribution in [2.24, 2.45) is 0 Å². The number of hydrogen-bond donors (Lipinski definition) is 1. The summed E-state index contributed by atoms with van der Waals surface area (Å²) in [4.78, 5) is 8.98. The number of nitrogens with zero attached hydrogens (tertiary/aromatic N) is 2. The van der Waals surface area contributed by atoms with E-state index >= 15 is 0 Å². The van der Waals surface area contributed by atoms with Crippen LogP contribution < -0.4 is 10.2 Å². The second kappa shape index (κ2) is 7.99. The lowest BCUT2D eigenvalue weighted by Crippen LogP contribution is -2.25. The first kappa shape index (κ1) is 15.8. The van der Waals surface area contributed by atoms with Crippen LogP contribution in [0.4, 0.5) is 5.13 Å². The number of rotatable bonds is 10. The minimum atomic E-state index is 0.752. The lowest BCUT2D eigenvalue weighted by Gasteiger charge is -2.21. The molecular formula is C16H29N3S. The molecule has 0 aliphatic heterocycles. The minimum Gasteiger partial charge on any atom is -0.348 e. The van der Waals surface area contributed by atoms with Gasteiger partial charge in [-0.3, -0.25) is 0 Å². The summed E-state index contributed by atoms with van der Waals surface area (Å²) in [5.74, 6) is 0.752. The van der Waals surface area contributed by atoms with Gasteiger partial charge in [0.05, 0.1) is 5.69 Å². The normalized spacial score (nSPS) is 14.8. The molecule has 2 rings (SSSR count). The Morgan fingerprint density at radius 2 is 1.85 bits per heavy atom. The third kappa shape index (κ3) is 4.19. The monoisotopic (exact) mass is 295 g/mol. The van der Waals surface area contributed by atoms with Crippen LogP contribution in [-0.2, 0) is 6.54 Å². The van der Waals surface area contributed by atoms with E-state index in [1.807, 2.05) is 18.4 Å². The zero-order valence-corrected chi connectivity index (χ0v) is 14.1. The highest BCUT2D eigenvalue weighted by Crippen LogP contribution is 2.44. The largest absolute Gasteiger partial charge is 0.348 e. The number of thiazole rings is 1. The molecule has 1 aromatic heterocycles. The molecule has 1 aromatic rings. The van der Waals surface area contributed by atoms with E-state index in [9.17, 15) is 0 Å². The second-order valence-corrected chi connectivity index (χ2v) is 6.87. The highest BCUT2D eigenvalue weighted by molar-refractivity contribution is 7.15. The zero-order chi connectivity index (χ0) is 14.4. The summed E-state index contributed by atoms with van der Waals surface area (Å²) in [5, 5.41) is 4.56. The Morgan fingerprint density at radius 1 is 1.20 bits per heavy atom. The molecular weight excluding hydrogens is 266 g/mol. The molecule has 0 radical (unpaired) electrons. The van der Waals surface area contributed by atoms with Crippen molar-refractivity contribution in [2.75, 3.05) is 25.0 Å². The summed E-state index contributed by atoms with van der Waals surface area (Å²) in [5.41, 5.74) is 1.39. The van der Waals surface area contributed by atoms with Gasteiger partial charge in [-0.15, -0.1) is 11.3 Å². The first-order valence-corrected chi connectivity index (χ1v) is 9.00. The van der Waals surface area contributed by atoms with Crippen LogP contribution in [0.25, 0.3) is 0 Å². The molecule has 1 fully saturated rings. The van der Waals surface area contributed by atoms with Gasteiger partial charge in [0.1, 0.15) is 0 Å². The fourth-order valence-electron chi connectivity index (χ4n) is 2.45. The van der Waals surface area contributed by atoms with Crippen molar-refractivity contribution in [1.29, 1.82) is 0 Å². The van der Waals surface area contributed by atoms with E-state index < -0.39 is 0 Å². The molecule has 3 nitrogen and oxygen atoms in total. The number of anilines is 1. The maximum atomic E-state index is 5.00. The van der Waals surface area contributed by atoms with Gasteiger partial charge in [-0.25, -0.2) is 4.98 Å². The zero-order valence-electron chi connectivity index (χ0n) is 13.2. The van der Waals surface area contributed by atoms with Crippen LogP contribution >= 0.6 is 11.3 Å². The Morgan fingerprint density at radius 3 is 2.35 bits per heavy atom. The fourth-order valence-corrected chi connectivity index (χ4v) is 3.66. The average Bonchev–Trinajstić information content (AvgIpc) is 3.21. The summed E-state index contributed by atoms with van der Waals surface area (Å²) in [6.45, 7) is 7.82. The molecule has 1 N–H and O–H groups in total. The van der Waals surface area contributed by atoms with E-state index in [1.54, 1.807) is 0 Å². The van der Waals surface area contributed by atoms with Crippen molar-refractivity contribution in [3.63, 3.8) is 0 Å². The van der Waals surface area contributed by atoms with Crippen molar-refractivity contribution in [3.05, 3.63) is 10.6 Å². The number of hydrogen-bond acceptors (Lipinski definition) is 4. The van der Waals surface area contributed by atoms with E-state index in [0.29, 0.717) is 0 Å². The summed E-state index contributed by atoms with van der Waals surface area (Å²) in [7, 11) is 2.03. The highest BCUT2D eigenvalue weighted by atomic mass is 32.1. The third-order valence-electron chi connectivity index (χ3n) is 3.85. The topological polar surface area (TPSA) is 28.2 Å². The van der Waals surface area contributed by atoms with E-state index in [-0.39, 0.29) is 0 Å². The van der Waals surface area contributed by atoms with Gasteiger partial charge in [-0.05, 0) is 32.7 Å². The first-order valence-electron chi connectivity index (χ1n) is 8.19. The van der Waals surface area contributed by atoms with E-state index in [2.05, 4.69) is 24.1 Å². The lowest BCUT2D eigenvalue weighted by molar-refractivity contribution is 0.675. The molecule has 4 heteroatoms. The molecule has 1 heterocycles. The summed E-state index contributed by atoms with van der Waals surface area (Å²) in [6, 6.07) is 0. The molecule has 0 bridgehead atoms. The molecule has 0 atom stereocenters. The minimum absolute atomic E-state index is 0.752. The lowest BCUT2D eigenvalue weighted by atomic mass is 10.2. The Labute approximate surface area is 127 Å². The Hall–Kier alpha value is -0.610. The SMILES string of the molecule is CCCCN(CCCC)c1nc(C2CC2)c(CNC)s1. The number of aromatic nitrogens is 1.